The van der Waals surface area contributed by atoms with E-state index < -0.39 is 101 Å². The normalized spacial score (nSPS) is 21.4. The molecule has 3 aliphatic rings. The van der Waals surface area contributed by atoms with E-state index in [-0.39, 0.29) is 38.3 Å². The zero-order valence-corrected chi connectivity index (χ0v) is 77.1. The maximum absolute atomic E-state index is 15.9. The summed E-state index contributed by atoms with van der Waals surface area (Å²) in [5.41, 5.74) is 7.97. The molecule has 0 amide bonds. The zero-order valence-electron chi connectivity index (χ0n) is 74.4. The van der Waals surface area contributed by atoms with E-state index in [4.69, 9.17) is 101 Å². The minimum absolute atomic E-state index is 0.00356. The van der Waals surface area contributed by atoms with Crippen molar-refractivity contribution in [3.63, 3.8) is 0 Å². The fourth-order valence-electron chi connectivity index (χ4n) is 18.3. The van der Waals surface area contributed by atoms with Crippen LogP contribution >= 0.6 is 23.3 Å². The Kier molecular flexibility index (Phi) is 26.3. The minimum atomic E-state index is -4.21. The molecule has 0 bridgehead atoms. The molecule has 3 N–H and O–H groups in total. The second-order valence-corrected chi connectivity index (χ2v) is 39.5. The molecule has 29 nitrogen and oxygen atoms in total. The van der Waals surface area contributed by atoms with E-state index >= 15 is 4.57 Å². The van der Waals surface area contributed by atoms with Crippen molar-refractivity contribution in [2.75, 3.05) is 90.4 Å². The first-order chi connectivity index (χ1) is 63.7. The third-order valence-electron chi connectivity index (χ3n) is 25.2. The van der Waals surface area contributed by atoms with Crippen molar-refractivity contribution in [2.24, 2.45) is 17.8 Å². The summed E-state index contributed by atoms with van der Waals surface area (Å²) >= 11 is 0. The Bertz CT molecular complexity index is 6370. The van der Waals surface area contributed by atoms with Crippen LogP contribution in [-0.2, 0) is 67.3 Å². The number of methoxy groups -OCH3 is 3. The highest BCUT2D eigenvalue weighted by molar-refractivity contribution is 7.57. The molecule has 8 unspecified atom stereocenters. The van der Waals surface area contributed by atoms with Crippen LogP contribution in [0.2, 0.25) is 0 Å². The summed E-state index contributed by atoms with van der Waals surface area (Å²) in [7, 11) is -4.14. The average Bonchev–Trinajstić information content (AvgIpc) is 1.71. The molecule has 14 atom stereocenters. The van der Waals surface area contributed by atoms with Crippen LogP contribution in [0.25, 0.3) is 33.5 Å². The van der Waals surface area contributed by atoms with Gasteiger partial charge in [-0.2, -0.15) is 0 Å². The standard InChI is InChI=1S/C99H104N15O14P3/c1-12-120-86-81(55-121-129(8)127-85-66(4)80(56-122-130(9,10)115)125-95(85)113-62-107-83-89(101-59-104-92(83)113)110-98(69-35-23-15-24-36-69,70-37-25-16-26-38-70)74-45-51-77(118-6)52-46-74)126-96(114-63-108-84-90(102-60-105-93(84)114)111-99(71-39-27-17-28-40-71,72-41-29-18-30-42-72)75-47-53-78(119-7)54-48-75)87(86)128-131(11,116)123-57-79-64(2)65(3)94(124-79)112-61-106-82-88(100-58-103-91(82)112)109-97(67-31-19-13-20-32-67,68-33-21-14-22-34-68)73-43-49-76(117-5)50-44-73/h13-54,58-66,79-81,85-87,94-96H,12,55-57H2,1-11H3,(H,100,103,109)(H,101,104,110)(H,102,105,111)/t64?,65?,66?,79-,80-,81-,85?,86?,87?,94-,95-,96-,129?,131?/m1/s1. The molecule has 0 saturated carbocycles. The fraction of sp³-hybridized carbons (Fsp3) is 0.303. The van der Waals surface area contributed by atoms with E-state index in [0.29, 0.717) is 62.4 Å². The van der Waals surface area contributed by atoms with Gasteiger partial charge in [0.2, 0.25) is 0 Å². The SMILES string of the molecule is CCOC1C(OP(C)(=O)OC[C@H]2O[C@@H](n3cnc4c(NC(c5ccccc5)(c5ccccc5)c5ccc(OC)cc5)ncnc43)C(C)C2C)[C@H](n2cnc3c(NC(c4ccccc4)(c4ccccc4)c4ccc(OC)cc4)ncnc32)O[C@@H]1COP(C)OC1C(C)[C@@H](COP(C)(C)=O)O[C@H]1n1cnc2c(NC(c3ccccc3)(c3ccccc3)c3ccc(OC)cc3)ncnc21. The third kappa shape index (κ3) is 17.7. The van der Waals surface area contributed by atoms with Gasteiger partial charge in [0.15, 0.2) is 79.1 Å². The number of nitrogens with one attached hydrogen (secondary N) is 3. The molecule has 9 aromatic carbocycles. The highest BCUT2D eigenvalue weighted by atomic mass is 31.2. The molecule has 0 spiro atoms. The lowest BCUT2D eigenvalue weighted by Crippen LogP contribution is -2.38. The van der Waals surface area contributed by atoms with Gasteiger partial charge in [-0.1, -0.05) is 239 Å². The number of nitrogens with zero attached hydrogens (tertiary/aromatic N) is 12. The summed E-state index contributed by atoms with van der Waals surface area (Å²) in [4.78, 5) is 44.7. The quantitative estimate of drug-likeness (QED) is 0.0243. The van der Waals surface area contributed by atoms with Crippen molar-refractivity contribution in [1.29, 1.82) is 0 Å². The molecule has 3 fully saturated rings. The smallest absolute Gasteiger partial charge is 0.328 e. The van der Waals surface area contributed by atoms with Gasteiger partial charge in [0.25, 0.3) is 0 Å². The Labute approximate surface area is 761 Å². The monoisotopic (exact) mass is 1820 g/mol. The summed E-state index contributed by atoms with van der Waals surface area (Å²) in [6.45, 7) is 14.4. The Morgan fingerprint density at radius 3 is 1.05 bits per heavy atom. The first-order valence-corrected chi connectivity index (χ1v) is 49.7. The predicted molar refractivity (Wildman–Crippen MR) is 502 cm³/mol. The molecule has 0 radical (unpaired) electrons. The lowest BCUT2D eigenvalue weighted by atomic mass is 9.77. The molecule has 131 heavy (non-hydrogen) atoms. The summed E-state index contributed by atoms with van der Waals surface area (Å²) < 4.78 is 114. The van der Waals surface area contributed by atoms with Crippen molar-refractivity contribution in [2.45, 2.75) is 99.6 Å². The summed E-state index contributed by atoms with van der Waals surface area (Å²) in [5, 5.41) is 11.7. The van der Waals surface area contributed by atoms with Crippen LogP contribution in [0.4, 0.5) is 17.5 Å². The molecular weight excluding hydrogens is 1720 g/mol. The van der Waals surface area contributed by atoms with Crippen LogP contribution in [0.3, 0.4) is 0 Å². The highest BCUT2D eigenvalue weighted by Crippen LogP contribution is 2.55. The Morgan fingerprint density at radius 1 is 0.374 bits per heavy atom. The zero-order chi connectivity index (χ0) is 90.6. The summed E-state index contributed by atoms with van der Waals surface area (Å²) in [6.07, 6.45) is 1.78. The van der Waals surface area contributed by atoms with E-state index in [1.54, 1.807) is 58.2 Å². The molecule has 32 heteroatoms. The van der Waals surface area contributed by atoms with Gasteiger partial charge >= 0.3 is 7.60 Å². The molecule has 18 rings (SSSR count). The van der Waals surface area contributed by atoms with Crippen LogP contribution < -0.4 is 30.2 Å². The first-order valence-electron chi connectivity index (χ1n) is 43.6. The van der Waals surface area contributed by atoms with E-state index in [2.05, 4.69) is 115 Å². The molecule has 674 valence electrons. The molecule has 6 aromatic heterocycles. The number of rotatable bonds is 36. The van der Waals surface area contributed by atoms with Crippen LogP contribution in [0.15, 0.2) is 293 Å². The van der Waals surface area contributed by atoms with Gasteiger partial charge in [0.05, 0.1) is 72.3 Å². The molecule has 15 aromatic rings. The largest absolute Gasteiger partial charge is 0.497 e. The summed E-state index contributed by atoms with van der Waals surface area (Å²) in [5.74, 6) is 2.73. The Morgan fingerprint density at radius 2 is 0.695 bits per heavy atom. The number of fused-ring (bicyclic) bond motifs is 3. The number of hydrogen-bond donors (Lipinski definition) is 3. The van der Waals surface area contributed by atoms with Crippen molar-refractivity contribution < 1.29 is 64.9 Å². The Hall–Kier alpha value is -12.0. The van der Waals surface area contributed by atoms with Crippen molar-refractivity contribution in [1.82, 2.24) is 58.6 Å². The van der Waals surface area contributed by atoms with E-state index in [1.807, 2.05) is 200 Å². The molecule has 0 aliphatic carbocycles. The number of benzene rings is 9. The number of anilines is 3. The van der Waals surface area contributed by atoms with Crippen LogP contribution in [0, 0.1) is 17.8 Å². The molecule has 3 saturated heterocycles. The van der Waals surface area contributed by atoms with Gasteiger partial charge in [0, 0.05) is 45.1 Å². The number of imidazole rings is 3. The third-order valence-corrected chi connectivity index (χ3v) is 28.2. The number of ether oxygens (including phenoxy) is 7. The molecule has 9 heterocycles. The summed E-state index contributed by atoms with van der Waals surface area (Å²) in [6, 6.07) is 85.0. The Balaban J connectivity index is 0.652. The maximum atomic E-state index is 15.9. The van der Waals surface area contributed by atoms with Crippen LogP contribution in [-0.4, -0.2) is 170 Å². The topological polar surface area (TPSA) is 312 Å². The highest BCUT2D eigenvalue weighted by Gasteiger charge is 2.53. The molecular formula is C99H104N15O14P3. The lowest BCUT2D eigenvalue weighted by Gasteiger charge is -2.37. The van der Waals surface area contributed by atoms with E-state index in [9.17, 15) is 4.57 Å². The van der Waals surface area contributed by atoms with Gasteiger partial charge < -0.3 is 67.2 Å². The van der Waals surface area contributed by atoms with E-state index in [0.717, 1.165) is 55.8 Å². The number of hydrogen-bond acceptors (Lipinski definition) is 26. The number of aromatic nitrogens is 12. The lowest BCUT2D eigenvalue weighted by molar-refractivity contribution is -0.0579. The van der Waals surface area contributed by atoms with Crippen molar-refractivity contribution in [3.05, 3.63) is 343 Å². The van der Waals surface area contributed by atoms with Gasteiger partial charge in [-0.3, -0.25) is 27.4 Å². The second-order valence-electron chi connectivity index (χ2n) is 33.3. The minimum Gasteiger partial charge on any atom is -0.497 e. The van der Waals surface area contributed by atoms with Gasteiger partial charge in [-0.05, 0) is 99.3 Å². The predicted octanol–water partition coefficient (Wildman–Crippen LogP) is 18.9. The van der Waals surface area contributed by atoms with Gasteiger partial charge in [-0.15, -0.1) is 0 Å². The van der Waals surface area contributed by atoms with Crippen LogP contribution in [0.1, 0.15) is 96.4 Å². The van der Waals surface area contributed by atoms with Crippen LogP contribution in [0.5, 0.6) is 17.2 Å². The average molecular weight is 1820 g/mol. The van der Waals surface area contributed by atoms with Gasteiger partial charge in [0.1, 0.15) is 83.5 Å². The van der Waals surface area contributed by atoms with Crippen molar-refractivity contribution >= 4 is 74.3 Å². The second kappa shape index (κ2) is 38.4. The first kappa shape index (κ1) is 89.5. The van der Waals surface area contributed by atoms with Crippen molar-refractivity contribution in [3.8, 4) is 17.2 Å². The van der Waals surface area contributed by atoms with Gasteiger partial charge in [-0.25, -0.2) is 44.9 Å². The molecule has 3 aliphatic heterocycles. The van der Waals surface area contributed by atoms with E-state index in [1.165, 1.54) is 25.6 Å². The fourth-order valence-corrected chi connectivity index (χ4v) is 21.0. The maximum Gasteiger partial charge on any atom is 0.328 e.